The molecule has 0 spiro atoms. The lowest BCUT2D eigenvalue weighted by Gasteiger charge is -2.31. The minimum atomic E-state index is -0.586. The third-order valence-corrected chi connectivity index (χ3v) is 6.95. The number of benzene rings is 2. The molecule has 5 rings (SSSR count). The number of nitrogens with one attached hydrogen (secondary N) is 1. The van der Waals surface area contributed by atoms with Gasteiger partial charge in [0, 0.05) is 49.9 Å². The molecule has 0 radical (unpaired) electrons. The van der Waals surface area contributed by atoms with Gasteiger partial charge in [0.15, 0.2) is 0 Å². The number of imidazole rings is 1. The van der Waals surface area contributed by atoms with Crippen LogP contribution in [0.25, 0.3) is 11.1 Å². The van der Waals surface area contributed by atoms with Gasteiger partial charge in [0.25, 0.3) is 5.91 Å². The Balaban J connectivity index is 1.58. The second-order valence-corrected chi connectivity index (χ2v) is 9.40. The quantitative estimate of drug-likeness (QED) is 0.343. The molecule has 38 heavy (non-hydrogen) atoms. The standard InChI is InChI=1S/C28H24ClFN6O2/c1-32-28-33-5-7-36(28)15-18-9-22(23-11-19(16-37)13-34-26(23)29)21-4-6-35(27(38)24(21)10-18)14-17-2-3-25(30)20(8-17)12-31/h2-3,5,7-11,13,37H,4,6,14-16H2,1H3,(H,32,33). The summed E-state index contributed by atoms with van der Waals surface area (Å²) in [4.78, 5) is 24.0. The number of aromatic nitrogens is 3. The van der Waals surface area contributed by atoms with Gasteiger partial charge in [0.2, 0.25) is 5.95 Å². The normalized spacial score (nSPS) is 12.8. The number of hydrogen-bond donors (Lipinski definition) is 2. The van der Waals surface area contributed by atoms with E-state index in [0.717, 1.165) is 16.7 Å². The monoisotopic (exact) mass is 530 g/mol. The SMILES string of the molecule is CNc1nccn1Cc1cc2c(c(-c3cc(CO)cnc3Cl)c1)CCN(Cc1ccc(F)c(C#N)c1)C2=O. The Labute approximate surface area is 224 Å². The molecule has 2 aromatic carbocycles. The summed E-state index contributed by atoms with van der Waals surface area (Å²) in [5.41, 5.74) is 4.94. The van der Waals surface area contributed by atoms with Gasteiger partial charge in [0.1, 0.15) is 17.0 Å². The highest BCUT2D eigenvalue weighted by atomic mass is 35.5. The highest BCUT2D eigenvalue weighted by Crippen LogP contribution is 2.36. The zero-order chi connectivity index (χ0) is 26.8. The highest BCUT2D eigenvalue weighted by molar-refractivity contribution is 6.32. The number of amides is 1. The second-order valence-electron chi connectivity index (χ2n) is 9.04. The number of aliphatic hydroxyl groups is 1. The number of carbonyl (C=O) groups is 1. The van der Waals surface area contributed by atoms with Crippen LogP contribution < -0.4 is 5.32 Å². The molecule has 8 nitrogen and oxygen atoms in total. The summed E-state index contributed by atoms with van der Waals surface area (Å²) in [7, 11) is 1.79. The average molecular weight is 531 g/mol. The molecule has 2 N–H and O–H groups in total. The van der Waals surface area contributed by atoms with Crippen molar-refractivity contribution < 1.29 is 14.3 Å². The Bertz CT molecular complexity index is 1580. The van der Waals surface area contributed by atoms with Gasteiger partial charge in [-0.2, -0.15) is 5.26 Å². The van der Waals surface area contributed by atoms with Crippen molar-refractivity contribution in [2.75, 3.05) is 18.9 Å². The summed E-state index contributed by atoms with van der Waals surface area (Å²) in [6.45, 7) is 0.959. The number of hydrogen-bond acceptors (Lipinski definition) is 6. The number of anilines is 1. The average Bonchev–Trinajstić information content (AvgIpc) is 3.38. The molecule has 2 aromatic heterocycles. The van der Waals surface area contributed by atoms with Crippen LogP contribution in [0.4, 0.5) is 10.3 Å². The van der Waals surface area contributed by atoms with Crippen LogP contribution in [0.15, 0.2) is 55.0 Å². The van der Waals surface area contributed by atoms with Gasteiger partial charge in [-0.15, -0.1) is 0 Å². The number of rotatable bonds is 7. The minimum absolute atomic E-state index is 0.0523. The van der Waals surface area contributed by atoms with Gasteiger partial charge in [-0.1, -0.05) is 17.7 Å². The van der Waals surface area contributed by atoms with E-state index in [0.29, 0.717) is 47.7 Å². The molecule has 0 aliphatic carbocycles. The zero-order valence-corrected chi connectivity index (χ0v) is 21.3. The first-order valence-electron chi connectivity index (χ1n) is 12.0. The van der Waals surface area contributed by atoms with Crippen molar-refractivity contribution in [3.8, 4) is 17.2 Å². The fraction of sp³-hybridized carbons (Fsp3) is 0.214. The number of halogens is 2. The molecule has 1 aliphatic rings. The Hall–Kier alpha value is -4.26. The Kier molecular flexibility index (Phi) is 7.09. The molecule has 3 heterocycles. The Morgan fingerprint density at radius 1 is 1.11 bits per heavy atom. The van der Waals surface area contributed by atoms with E-state index in [9.17, 15) is 19.6 Å². The van der Waals surface area contributed by atoms with Crippen LogP contribution >= 0.6 is 11.6 Å². The molecule has 1 amide bonds. The molecule has 10 heteroatoms. The van der Waals surface area contributed by atoms with E-state index in [1.165, 1.54) is 18.3 Å². The smallest absolute Gasteiger partial charge is 0.254 e. The summed E-state index contributed by atoms with van der Waals surface area (Å²) in [6.07, 6.45) is 5.64. The molecule has 0 atom stereocenters. The van der Waals surface area contributed by atoms with Gasteiger partial charge in [-0.05, 0) is 64.6 Å². The van der Waals surface area contributed by atoms with Crippen LogP contribution in [-0.4, -0.2) is 44.0 Å². The molecule has 192 valence electrons. The predicted octanol–water partition coefficient (Wildman–Crippen LogP) is 4.39. The first kappa shape index (κ1) is 25.4. The van der Waals surface area contributed by atoms with Crippen molar-refractivity contribution in [1.29, 1.82) is 5.26 Å². The van der Waals surface area contributed by atoms with E-state index >= 15 is 0 Å². The lowest BCUT2D eigenvalue weighted by Crippen LogP contribution is -2.37. The third-order valence-electron chi connectivity index (χ3n) is 6.64. The summed E-state index contributed by atoms with van der Waals surface area (Å²) < 4.78 is 15.8. The molecular weight excluding hydrogens is 507 g/mol. The predicted molar refractivity (Wildman–Crippen MR) is 141 cm³/mol. The number of nitriles is 1. The first-order valence-corrected chi connectivity index (χ1v) is 12.4. The molecule has 0 unspecified atom stereocenters. The van der Waals surface area contributed by atoms with Crippen LogP contribution in [-0.2, 0) is 26.1 Å². The molecule has 0 saturated heterocycles. The van der Waals surface area contributed by atoms with Gasteiger partial charge in [0.05, 0.1) is 18.7 Å². The molecular formula is C28H24ClFN6O2. The maximum atomic E-state index is 13.8. The fourth-order valence-corrected chi connectivity index (χ4v) is 5.00. The lowest BCUT2D eigenvalue weighted by atomic mass is 9.88. The van der Waals surface area contributed by atoms with E-state index in [1.54, 1.807) is 30.3 Å². The van der Waals surface area contributed by atoms with Gasteiger partial charge in [-0.25, -0.2) is 14.4 Å². The molecule has 4 aromatic rings. The van der Waals surface area contributed by atoms with Crippen molar-refractivity contribution in [1.82, 2.24) is 19.4 Å². The maximum absolute atomic E-state index is 13.8. The lowest BCUT2D eigenvalue weighted by molar-refractivity contribution is 0.0727. The van der Waals surface area contributed by atoms with Crippen LogP contribution in [0.5, 0.6) is 0 Å². The summed E-state index contributed by atoms with van der Waals surface area (Å²) >= 11 is 6.52. The summed E-state index contributed by atoms with van der Waals surface area (Å²) in [6, 6.07) is 11.8. The molecule has 0 fully saturated rings. The van der Waals surface area contributed by atoms with Gasteiger partial charge in [-0.3, -0.25) is 4.79 Å². The van der Waals surface area contributed by atoms with Gasteiger partial charge < -0.3 is 19.9 Å². The Morgan fingerprint density at radius 3 is 2.66 bits per heavy atom. The third kappa shape index (κ3) is 4.84. The van der Waals surface area contributed by atoms with Crippen LogP contribution in [0.2, 0.25) is 5.15 Å². The zero-order valence-electron chi connectivity index (χ0n) is 20.6. The van der Waals surface area contributed by atoms with Crippen molar-refractivity contribution in [2.45, 2.75) is 26.1 Å². The number of nitrogens with zero attached hydrogens (tertiary/aromatic N) is 5. The first-order chi connectivity index (χ1) is 18.4. The molecule has 1 aliphatic heterocycles. The minimum Gasteiger partial charge on any atom is -0.392 e. The van der Waals surface area contributed by atoms with Crippen LogP contribution in [0.1, 0.15) is 38.2 Å². The topological polar surface area (TPSA) is 107 Å². The fourth-order valence-electron chi connectivity index (χ4n) is 4.80. The van der Waals surface area contributed by atoms with E-state index in [2.05, 4.69) is 15.3 Å². The van der Waals surface area contributed by atoms with Gasteiger partial charge >= 0.3 is 0 Å². The second kappa shape index (κ2) is 10.6. The van der Waals surface area contributed by atoms with E-state index in [1.807, 2.05) is 29.0 Å². The van der Waals surface area contributed by atoms with Crippen molar-refractivity contribution in [3.05, 3.63) is 99.3 Å². The number of aliphatic hydroxyl groups excluding tert-OH is 1. The highest BCUT2D eigenvalue weighted by Gasteiger charge is 2.28. The summed E-state index contributed by atoms with van der Waals surface area (Å²) in [5.74, 6) is -0.0697. The van der Waals surface area contributed by atoms with Crippen LogP contribution in [0, 0.1) is 17.1 Å². The summed E-state index contributed by atoms with van der Waals surface area (Å²) in [5, 5.41) is 22.2. The Morgan fingerprint density at radius 2 is 1.89 bits per heavy atom. The van der Waals surface area contributed by atoms with E-state index < -0.39 is 5.82 Å². The van der Waals surface area contributed by atoms with Crippen molar-refractivity contribution >= 4 is 23.5 Å². The number of fused-ring (bicyclic) bond motifs is 1. The van der Waals surface area contributed by atoms with Crippen LogP contribution in [0.3, 0.4) is 0 Å². The molecule has 0 bridgehead atoms. The van der Waals surface area contributed by atoms with E-state index in [4.69, 9.17) is 11.6 Å². The number of pyridine rings is 1. The van der Waals surface area contributed by atoms with Crippen molar-refractivity contribution in [2.24, 2.45) is 0 Å². The maximum Gasteiger partial charge on any atom is 0.254 e. The number of carbonyl (C=O) groups excluding carboxylic acids is 1. The van der Waals surface area contributed by atoms with E-state index in [-0.39, 0.29) is 29.8 Å². The largest absolute Gasteiger partial charge is 0.392 e. The molecule has 0 saturated carbocycles. The van der Waals surface area contributed by atoms with Crippen molar-refractivity contribution in [3.63, 3.8) is 0 Å².